The molecule has 17 heavy (non-hydrogen) atoms. The van der Waals surface area contributed by atoms with Gasteiger partial charge in [0, 0.05) is 20.2 Å². The quantitative estimate of drug-likeness (QED) is 0.822. The molecule has 0 aliphatic carbocycles. The van der Waals surface area contributed by atoms with Crippen molar-refractivity contribution in [2.24, 2.45) is 7.05 Å². The van der Waals surface area contributed by atoms with Crippen LogP contribution in [0.3, 0.4) is 0 Å². The molecule has 6 heteroatoms. The third kappa shape index (κ3) is 2.01. The number of nitrogens with zero attached hydrogens (tertiary/aromatic N) is 3. The molecule has 0 radical (unpaired) electrons. The molecular formula is C11H13N3O3. The summed E-state index contributed by atoms with van der Waals surface area (Å²) < 4.78 is 1.79. The highest BCUT2D eigenvalue weighted by Gasteiger charge is 2.14. The fourth-order valence-electron chi connectivity index (χ4n) is 1.79. The Bertz CT molecular complexity index is 577. The number of phenolic OH excluding ortho intramolecular Hbond substituents is 1. The van der Waals surface area contributed by atoms with E-state index in [4.69, 9.17) is 5.11 Å². The number of fused-ring (bicyclic) bond motifs is 1. The molecule has 6 nitrogen and oxygen atoms in total. The van der Waals surface area contributed by atoms with E-state index in [-0.39, 0.29) is 12.3 Å². The van der Waals surface area contributed by atoms with E-state index in [1.807, 2.05) is 0 Å². The van der Waals surface area contributed by atoms with Crippen LogP contribution in [0.4, 0.5) is 5.95 Å². The largest absolute Gasteiger partial charge is 0.508 e. The highest BCUT2D eigenvalue weighted by atomic mass is 16.4. The maximum atomic E-state index is 10.6. The third-order valence-corrected chi connectivity index (χ3v) is 2.55. The van der Waals surface area contributed by atoms with Crippen molar-refractivity contribution >= 4 is 23.0 Å². The number of hydrogen-bond acceptors (Lipinski definition) is 4. The SMILES string of the molecule is CN(CC(=O)O)c1nc2cc(O)ccc2n1C. The first-order chi connectivity index (χ1) is 7.99. The average molecular weight is 235 g/mol. The average Bonchev–Trinajstić information content (AvgIpc) is 2.54. The number of aryl methyl sites for hydroxylation is 1. The molecule has 0 unspecified atom stereocenters. The molecule has 90 valence electrons. The number of aromatic nitrogens is 2. The second kappa shape index (κ2) is 3.97. The van der Waals surface area contributed by atoms with Gasteiger partial charge in [0.2, 0.25) is 5.95 Å². The minimum absolute atomic E-state index is 0.122. The predicted octanol–water partition coefficient (Wildman–Crippen LogP) is 0.800. The van der Waals surface area contributed by atoms with Crippen molar-refractivity contribution in [2.75, 3.05) is 18.5 Å². The van der Waals surface area contributed by atoms with Gasteiger partial charge in [-0.1, -0.05) is 0 Å². The van der Waals surface area contributed by atoms with E-state index in [0.29, 0.717) is 11.5 Å². The van der Waals surface area contributed by atoms with Gasteiger partial charge in [-0.3, -0.25) is 4.79 Å². The summed E-state index contributed by atoms with van der Waals surface area (Å²) in [5.74, 6) is -0.224. The predicted molar refractivity (Wildman–Crippen MR) is 63.3 cm³/mol. The molecule has 0 amide bonds. The number of hydrogen-bond donors (Lipinski definition) is 2. The standard InChI is InChI=1S/C11H13N3O3/c1-13(6-10(16)17)11-12-8-5-7(15)3-4-9(8)14(11)2/h3-5,15H,6H2,1-2H3,(H,16,17). The van der Waals surface area contributed by atoms with E-state index in [0.717, 1.165) is 5.52 Å². The van der Waals surface area contributed by atoms with Crippen LogP contribution in [0.25, 0.3) is 11.0 Å². The van der Waals surface area contributed by atoms with E-state index in [9.17, 15) is 9.90 Å². The zero-order valence-corrected chi connectivity index (χ0v) is 9.58. The smallest absolute Gasteiger partial charge is 0.323 e. The van der Waals surface area contributed by atoms with Crippen LogP contribution in [0.5, 0.6) is 5.75 Å². The van der Waals surface area contributed by atoms with Crippen molar-refractivity contribution in [3.63, 3.8) is 0 Å². The Labute approximate surface area is 97.7 Å². The van der Waals surface area contributed by atoms with Crippen molar-refractivity contribution < 1.29 is 15.0 Å². The number of aromatic hydroxyl groups is 1. The van der Waals surface area contributed by atoms with Gasteiger partial charge in [0.15, 0.2) is 0 Å². The molecule has 0 spiro atoms. The van der Waals surface area contributed by atoms with E-state index in [2.05, 4.69) is 4.98 Å². The fourth-order valence-corrected chi connectivity index (χ4v) is 1.79. The van der Waals surface area contributed by atoms with Gasteiger partial charge in [-0.05, 0) is 12.1 Å². The number of carboxylic acid groups (broad SMARTS) is 1. The van der Waals surface area contributed by atoms with Gasteiger partial charge in [0.1, 0.15) is 12.3 Å². The number of anilines is 1. The minimum Gasteiger partial charge on any atom is -0.508 e. The van der Waals surface area contributed by atoms with Crippen molar-refractivity contribution in [2.45, 2.75) is 0 Å². The molecule has 2 N–H and O–H groups in total. The lowest BCUT2D eigenvalue weighted by atomic mass is 10.3. The van der Waals surface area contributed by atoms with Crippen molar-refractivity contribution in [3.8, 4) is 5.75 Å². The molecule has 1 heterocycles. The Morgan fingerprint density at radius 2 is 2.24 bits per heavy atom. The first-order valence-electron chi connectivity index (χ1n) is 5.07. The number of rotatable bonds is 3. The number of benzene rings is 1. The summed E-state index contributed by atoms with van der Waals surface area (Å²) in [5.41, 5.74) is 1.48. The lowest BCUT2D eigenvalue weighted by Crippen LogP contribution is -2.27. The molecule has 0 saturated carbocycles. The maximum absolute atomic E-state index is 10.6. The molecule has 1 aromatic heterocycles. The van der Waals surface area contributed by atoms with Crippen LogP contribution in [0.2, 0.25) is 0 Å². The summed E-state index contributed by atoms with van der Waals surface area (Å²) in [7, 11) is 3.47. The summed E-state index contributed by atoms with van der Waals surface area (Å²) in [4.78, 5) is 16.5. The number of aliphatic carboxylic acids is 1. The van der Waals surface area contributed by atoms with Gasteiger partial charge >= 0.3 is 5.97 Å². The molecule has 2 aromatic rings. The lowest BCUT2D eigenvalue weighted by molar-refractivity contribution is -0.135. The van der Waals surface area contributed by atoms with Crippen LogP contribution >= 0.6 is 0 Å². The lowest BCUT2D eigenvalue weighted by Gasteiger charge is -2.15. The summed E-state index contributed by atoms with van der Waals surface area (Å²) in [5, 5.41) is 18.1. The van der Waals surface area contributed by atoms with Crippen LogP contribution in [0, 0.1) is 0 Å². The molecule has 0 aliphatic rings. The Balaban J connectivity index is 2.48. The van der Waals surface area contributed by atoms with E-state index < -0.39 is 5.97 Å². The summed E-state index contributed by atoms with van der Waals surface area (Å²) in [6.45, 7) is -0.122. The van der Waals surface area contributed by atoms with Crippen LogP contribution in [-0.2, 0) is 11.8 Å². The first-order valence-corrected chi connectivity index (χ1v) is 5.07. The minimum atomic E-state index is -0.914. The highest BCUT2D eigenvalue weighted by Crippen LogP contribution is 2.23. The van der Waals surface area contributed by atoms with E-state index in [1.54, 1.807) is 41.8 Å². The third-order valence-electron chi connectivity index (χ3n) is 2.55. The van der Waals surface area contributed by atoms with Crippen LogP contribution in [0.1, 0.15) is 0 Å². The summed E-state index contributed by atoms with van der Waals surface area (Å²) >= 11 is 0. The Morgan fingerprint density at radius 1 is 1.53 bits per heavy atom. The van der Waals surface area contributed by atoms with Crippen LogP contribution in [0.15, 0.2) is 18.2 Å². The van der Waals surface area contributed by atoms with E-state index >= 15 is 0 Å². The zero-order chi connectivity index (χ0) is 12.6. The number of carbonyl (C=O) groups is 1. The van der Waals surface area contributed by atoms with Crippen molar-refractivity contribution in [1.29, 1.82) is 0 Å². The van der Waals surface area contributed by atoms with Gasteiger partial charge in [-0.25, -0.2) is 4.98 Å². The number of carboxylic acids is 1. The van der Waals surface area contributed by atoms with Gasteiger partial charge in [0.25, 0.3) is 0 Å². The summed E-state index contributed by atoms with van der Waals surface area (Å²) in [6.07, 6.45) is 0. The van der Waals surface area contributed by atoms with Gasteiger partial charge in [-0.15, -0.1) is 0 Å². The second-order valence-corrected chi connectivity index (χ2v) is 3.89. The molecule has 0 fully saturated rings. The maximum Gasteiger partial charge on any atom is 0.323 e. The van der Waals surface area contributed by atoms with Gasteiger partial charge in [-0.2, -0.15) is 0 Å². The Morgan fingerprint density at radius 3 is 2.88 bits per heavy atom. The van der Waals surface area contributed by atoms with Crippen LogP contribution in [-0.4, -0.2) is 39.3 Å². The van der Waals surface area contributed by atoms with Crippen molar-refractivity contribution in [1.82, 2.24) is 9.55 Å². The molecule has 0 bridgehead atoms. The monoisotopic (exact) mass is 235 g/mol. The normalized spacial score (nSPS) is 10.7. The number of likely N-dealkylation sites (N-methyl/N-ethyl adjacent to an activating group) is 1. The zero-order valence-electron chi connectivity index (χ0n) is 9.58. The topological polar surface area (TPSA) is 78.6 Å². The van der Waals surface area contributed by atoms with Gasteiger partial charge in [0.05, 0.1) is 11.0 Å². The van der Waals surface area contributed by atoms with E-state index in [1.165, 1.54) is 0 Å². The number of phenols is 1. The molecule has 0 aliphatic heterocycles. The molecule has 1 aromatic carbocycles. The Hall–Kier alpha value is -2.24. The summed E-state index contributed by atoms with van der Waals surface area (Å²) in [6, 6.07) is 4.87. The first kappa shape index (κ1) is 11.3. The second-order valence-electron chi connectivity index (χ2n) is 3.89. The van der Waals surface area contributed by atoms with Gasteiger partial charge < -0.3 is 19.7 Å². The molecule has 0 saturated heterocycles. The highest BCUT2D eigenvalue weighted by molar-refractivity contribution is 5.81. The molecule has 2 rings (SSSR count). The Kier molecular flexibility index (Phi) is 2.63. The number of imidazole rings is 1. The van der Waals surface area contributed by atoms with Crippen molar-refractivity contribution in [3.05, 3.63) is 18.2 Å². The fraction of sp³-hybridized carbons (Fsp3) is 0.273. The molecular weight excluding hydrogens is 222 g/mol. The van der Waals surface area contributed by atoms with Crippen LogP contribution < -0.4 is 4.90 Å². The molecule has 0 atom stereocenters.